The van der Waals surface area contributed by atoms with Gasteiger partial charge in [-0.3, -0.25) is 18.9 Å². The monoisotopic (exact) mass is 619 g/mol. The highest BCUT2D eigenvalue weighted by Gasteiger charge is 2.31. The number of carbonyl (C=O) groups is 1. The summed E-state index contributed by atoms with van der Waals surface area (Å²) in [5.74, 6) is -0.996. The standard InChI is InChI=1S/C28H24F3N3O6S2/c1-18-25(42(39,40)33-21-8-4-3-5-9-21)16-24(26(35)32-17-19-11-13-23(14-12-19)41(2,37)38)27(36)34(18)22-10-6-7-20(15-22)28(29,30)31/h3-16,33H,17H2,1-2H3,(H,32,35). The molecule has 1 heterocycles. The van der Waals surface area contributed by atoms with E-state index in [1.807, 2.05) is 0 Å². The zero-order valence-corrected chi connectivity index (χ0v) is 23.8. The lowest BCUT2D eigenvalue weighted by molar-refractivity contribution is -0.137. The van der Waals surface area contributed by atoms with E-state index in [-0.39, 0.29) is 28.5 Å². The van der Waals surface area contributed by atoms with E-state index in [9.17, 15) is 39.6 Å². The normalized spacial score (nSPS) is 12.1. The van der Waals surface area contributed by atoms with E-state index in [1.165, 1.54) is 49.4 Å². The summed E-state index contributed by atoms with van der Waals surface area (Å²) in [6.07, 6.45) is -3.71. The molecule has 1 aromatic heterocycles. The Bertz CT molecular complexity index is 1920. The molecule has 4 rings (SSSR count). The summed E-state index contributed by atoms with van der Waals surface area (Å²) < 4.78 is 93.7. The molecule has 0 aliphatic heterocycles. The van der Waals surface area contributed by atoms with E-state index in [1.54, 1.807) is 18.2 Å². The van der Waals surface area contributed by atoms with Gasteiger partial charge in [0.15, 0.2) is 9.84 Å². The number of hydrogen-bond acceptors (Lipinski definition) is 6. The van der Waals surface area contributed by atoms with Gasteiger partial charge in [0.05, 0.1) is 10.5 Å². The summed E-state index contributed by atoms with van der Waals surface area (Å²) in [5, 5.41) is 2.48. The Morgan fingerprint density at radius 3 is 2.12 bits per heavy atom. The van der Waals surface area contributed by atoms with Gasteiger partial charge in [-0.2, -0.15) is 13.2 Å². The molecule has 42 heavy (non-hydrogen) atoms. The zero-order chi connectivity index (χ0) is 30.9. The zero-order valence-electron chi connectivity index (χ0n) is 22.1. The van der Waals surface area contributed by atoms with Gasteiger partial charge in [0.1, 0.15) is 10.5 Å². The van der Waals surface area contributed by atoms with Crippen LogP contribution in [-0.2, 0) is 32.6 Å². The summed E-state index contributed by atoms with van der Waals surface area (Å²) >= 11 is 0. The molecule has 0 atom stereocenters. The minimum absolute atomic E-state index is 0.0563. The van der Waals surface area contributed by atoms with Gasteiger partial charge in [0.2, 0.25) is 0 Å². The molecule has 1 amide bonds. The smallest absolute Gasteiger partial charge is 0.348 e. The number of halogens is 3. The fraction of sp³-hybridized carbons (Fsp3) is 0.143. The lowest BCUT2D eigenvalue weighted by atomic mass is 10.1. The average molecular weight is 620 g/mol. The SMILES string of the molecule is Cc1c(S(=O)(=O)Nc2ccccc2)cc(C(=O)NCc2ccc(S(C)(=O)=O)cc2)c(=O)n1-c1cccc(C(F)(F)F)c1. The Hall–Kier alpha value is -4.43. The number of sulfone groups is 1. The van der Waals surface area contributed by atoms with Gasteiger partial charge in [-0.15, -0.1) is 0 Å². The molecular formula is C28H24F3N3O6S2. The lowest BCUT2D eigenvalue weighted by Crippen LogP contribution is -2.35. The largest absolute Gasteiger partial charge is 0.416 e. The summed E-state index contributed by atoms with van der Waals surface area (Å²) in [5.41, 5.74) is -2.64. The molecule has 0 saturated carbocycles. The summed E-state index contributed by atoms with van der Waals surface area (Å²) in [7, 11) is -7.89. The molecule has 0 bridgehead atoms. The van der Waals surface area contributed by atoms with Gasteiger partial charge in [-0.1, -0.05) is 36.4 Å². The first kappa shape index (κ1) is 30.5. The Labute approximate surface area is 239 Å². The average Bonchev–Trinajstić information content (AvgIpc) is 2.91. The number of carbonyl (C=O) groups excluding carboxylic acids is 1. The van der Waals surface area contributed by atoms with Crippen LogP contribution in [0.25, 0.3) is 5.69 Å². The van der Waals surface area contributed by atoms with Crippen molar-refractivity contribution in [2.24, 2.45) is 0 Å². The van der Waals surface area contributed by atoms with Crippen LogP contribution in [0.1, 0.15) is 27.2 Å². The summed E-state index contributed by atoms with van der Waals surface area (Å²) in [4.78, 5) is 26.3. The fourth-order valence-corrected chi connectivity index (χ4v) is 6.04. The van der Waals surface area contributed by atoms with Gasteiger partial charge in [0, 0.05) is 29.9 Å². The summed E-state index contributed by atoms with van der Waals surface area (Å²) in [6, 6.07) is 17.9. The molecule has 9 nitrogen and oxygen atoms in total. The van der Waals surface area contributed by atoms with Crippen LogP contribution in [0.2, 0.25) is 0 Å². The highest BCUT2D eigenvalue weighted by atomic mass is 32.2. The molecule has 0 radical (unpaired) electrons. The van der Waals surface area contributed by atoms with E-state index in [0.29, 0.717) is 11.6 Å². The number of aromatic nitrogens is 1. The second-order valence-electron chi connectivity index (χ2n) is 9.27. The van der Waals surface area contributed by atoms with Crippen molar-refractivity contribution in [3.05, 3.63) is 118 Å². The van der Waals surface area contributed by atoms with Crippen molar-refractivity contribution in [3.63, 3.8) is 0 Å². The fourth-order valence-electron chi connectivity index (χ4n) is 4.10. The second kappa shape index (κ2) is 11.4. The van der Waals surface area contributed by atoms with Crippen LogP contribution in [-0.4, -0.2) is 33.6 Å². The van der Waals surface area contributed by atoms with Gasteiger partial charge in [0.25, 0.3) is 21.5 Å². The number of rotatable bonds is 8. The van der Waals surface area contributed by atoms with Crippen LogP contribution in [0.5, 0.6) is 0 Å². The number of benzene rings is 3. The molecule has 0 aliphatic carbocycles. The van der Waals surface area contributed by atoms with Crippen molar-refractivity contribution in [2.45, 2.75) is 29.4 Å². The Kier molecular flexibility index (Phi) is 8.32. The molecule has 0 spiro atoms. The van der Waals surface area contributed by atoms with Gasteiger partial charge >= 0.3 is 6.18 Å². The summed E-state index contributed by atoms with van der Waals surface area (Å²) in [6.45, 7) is 1.08. The van der Waals surface area contributed by atoms with Crippen molar-refractivity contribution in [2.75, 3.05) is 11.0 Å². The molecule has 220 valence electrons. The maximum absolute atomic E-state index is 13.5. The highest BCUT2D eigenvalue weighted by molar-refractivity contribution is 7.92. The second-order valence-corrected chi connectivity index (χ2v) is 12.9. The third-order valence-electron chi connectivity index (χ3n) is 6.20. The van der Waals surface area contributed by atoms with Crippen molar-refractivity contribution < 1.29 is 34.8 Å². The van der Waals surface area contributed by atoms with Crippen LogP contribution in [0.15, 0.2) is 99.5 Å². The molecule has 0 aliphatic rings. The molecule has 14 heteroatoms. The highest BCUT2D eigenvalue weighted by Crippen LogP contribution is 2.31. The van der Waals surface area contributed by atoms with Crippen LogP contribution in [0.4, 0.5) is 18.9 Å². The number of amides is 1. The minimum atomic E-state index is -4.75. The molecule has 0 fully saturated rings. The van der Waals surface area contributed by atoms with Gasteiger partial charge < -0.3 is 5.32 Å². The number of nitrogens with one attached hydrogen (secondary N) is 2. The van der Waals surface area contributed by atoms with E-state index >= 15 is 0 Å². The Balaban J connectivity index is 1.81. The quantitative estimate of drug-likeness (QED) is 0.303. The van der Waals surface area contributed by atoms with Crippen molar-refractivity contribution in [1.29, 1.82) is 0 Å². The van der Waals surface area contributed by atoms with E-state index < -0.39 is 53.5 Å². The molecular weight excluding hydrogens is 595 g/mol. The molecule has 3 aromatic carbocycles. The topological polar surface area (TPSA) is 131 Å². The predicted molar refractivity (Wildman–Crippen MR) is 150 cm³/mol. The van der Waals surface area contributed by atoms with Crippen molar-refractivity contribution in [1.82, 2.24) is 9.88 Å². The van der Waals surface area contributed by atoms with Crippen LogP contribution < -0.4 is 15.6 Å². The van der Waals surface area contributed by atoms with Gasteiger partial charge in [-0.25, -0.2) is 16.8 Å². The van der Waals surface area contributed by atoms with E-state index in [2.05, 4.69) is 10.0 Å². The third kappa shape index (κ3) is 6.71. The molecule has 4 aromatic rings. The Morgan fingerprint density at radius 1 is 0.881 bits per heavy atom. The predicted octanol–water partition coefficient (Wildman–Crippen LogP) is 4.30. The number of sulfonamides is 1. The van der Waals surface area contributed by atoms with Crippen LogP contribution in [0, 0.1) is 6.92 Å². The lowest BCUT2D eigenvalue weighted by Gasteiger charge is -2.18. The molecule has 0 unspecified atom stereocenters. The van der Waals surface area contributed by atoms with Gasteiger partial charge in [-0.05, 0) is 61.0 Å². The first-order valence-corrected chi connectivity index (χ1v) is 15.5. The maximum Gasteiger partial charge on any atom is 0.416 e. The van der Waals surface area contributed by atoms with Crippen molar-refractivity contribution >= 4 is 31.5 Å². The van der Waals surface area contributed by atoms with E-state index in [4.69, 9.17) is 0 Å². The van der Waals surface area contributed by atoms with Crippen LogP contribution in [0.3, 0.4) is 0 Å². The number of alkyl halides is 3. The minimum Gasteiger partial charge on any atom is -0.348 e. The molecule has 0 saturated heterocycles. The number of anilines is 1. The Morgan fingerprint density at radius 2 is 1.52 bits per heavy atom. The van der Waals surface area contributed by atoms with E-state index in [0.717, 1.165) is 29.0 Å². The van der Waals surface area contributed by atoms with Crippen molar-refractivity contribution in [3.8, 4) is 5.69 Å². The number of para-hydroxylation sites is 1. The third-order valence-corrected chi connectivity index (χ3v) is 8.82. The first-order chi connectivity index (χ1) is 19.6. The number of pyridine rings is 1. The first-order valence-electron chi connectivity index (χ1n) is 12.2. The number of nitrogens with zero attached hydrogens (tertiary/aromatic N) is 1. The number of hydrogen-bond donors (Lipinski definition) is 2. The van der Waals surface area contributed by atoms with Crippen LogP contribution >= 0.6 is 0 Å². The molecule has 2 N–H and O–H groups in total. The maximum atomic E-state index is 13.5.